The third-order valence-electron chi connectivity index (χ3n) is 4.99. The van der Waals surface area contributed by atoms with Crippen molar-refractivity contribution in [2.24, 2.45) is 23.2 Å². The molecule has 4 saturated carbocycles. The highest BCUT2D eigenvalue weighted by Gasteiger charge is 2.55. The van der Waals surface area contributed by atoms with Gasteiger partial charge in [-0.1, -0.05) is 5.92 Å². The molecule has 0 aromatic rings. The third-order valence-corrected chi connectivity index (χ3v) is 4.99. The Morgan fingerprint density at radius 3 is 2.12 bits per heavy atom. The third kappa shape index (κ3) is 1.76. The number of ether oxygens (including phenoxy) is 1. The smallest absolute Gasteiger partial charge is 0.313 e. The van der Waals surface area contributed by atoms with Crippen molar-refractivity contribution in [1.82, 2.24) is 0 Å². The lowest BCUT2D eigenvalue weighted by Gasteiger charge is -2.55. The first-order valence-corrected chi connectivity index (χ1v) is 6.78. The Hall–Kier alpha value is -0.970. The SMILES string of the molecule is C#CC(C)OC(=O)C12CC3CC(CC(C3)C1)C2. The monoisotopic (exact) mass is 232 g/mol. The van der Waals surface area contributed by atoms with Gasteiger partial charge in [0.2, 0.25) is 0 Å². The molecule has 1 unspecified atom stereocenters. The van der Waals surface area contributed by atoms with E-state index in [0.717, 1.165) is 37.0 Å². The van der Waals surface area contributed by atoms with Gasteiger partial charge in [-0.3, -0.25) is 4.79 Å². The van der Waals surface area contributed by atoms with Crippen molar-refractivity contribution in [3.05, 3.63) is 0 Å². The molecule has 0 N–H and O–H groups in total. The molecule has 2 heteroatoms. The summed E-state index contributed by atoms with van der Waals surface area (Å²) in [5.74, 6) is 4.79. The maximum Gasteiger partial charge on any atom is 0.313 e. The molecule has 0 spiro atoms. The molecule has 0 amide bonds. The number of terminal acetylenes is 1. The molecule has 0 aromatic heterocycles. The predicted octanol–water partition coefficient (Wildman–Crippen LogP) is 2.77. The number of hydrogen-bond acceptors (Lipinski definition) is 2. The molecule has 4 bridgehead atoms. The molecule has 0 radical (unpaired) electrons. The Kier molecular flexibility index (Phi) is 2.47. The van der Waals surface area contributed by atoms with Crippen molar-refractivity contribution < 1.29 is 9.53 Å². The van der Waals surface area contributed by atoms with Crippen molar-refractivity contribution in [2.45, 2.75) is 51.6 Å². The van der Waals surface area contributed by atoms with Gasteiger partial charge in [0.25, 0.3) is 0 Å². The Labute approximate surface area is 103 Å². The summed E-state index contributed by atoms with van der Waals surface area (Å²) < 4.78 is 5.41. The predicted molar refractivity (Wildman–Crippen MR) is 65.0 cm³/mol. The summed E-state index contributed by atoms with van der Waals surface area (Å²) in [6.45, 7) is 1.78. The van der Waals surface area contributed by atoms with E-state index >= 15 is 0 Å². The Morgan fingerprint density at radius 1 is 1.24 bits per heavy atom. The molecule has 4 rings (SSSR count). The van der Waals surface area contributed by atoms with E-state index in [1.807, 2.05) is 0 Å². The highest BCUT2D eigenvalue weighted by Crippen LogP contribution is 2.60. The van der Waals surface area contributed by atoms with Gasteiger partial charge < -0.3 is 4.74 Å². The first-order chi connectivity index (χ1) is 8.11. The molecule has 4 fully saturated rings. The van der Waals surface area contributed by atoms with Crippen LogP contribution in [0.3, 0.4) is 0 Å². The Bertz CT molecular complexity index is 342. The number of carbonyl (C=O) groups excluding carboxylic acids is 1. The molecule has 0 heterocycles. The second-order valence-electron chi connectivity index (χ2n) is 6.41. The fraction of sp³-hybridized carbons (Fsp3) is 0.800. The van der Waals surface area contributed by atoms with Crippen LogP contribution in [0.4, 0.5) is 0 Å². The molecular formula is C15H20O2. The molecular weight excluding hydrogens is 212 g/mol. The number of hydrogen-bond donors (Lipinski definition) is 0. The van der Waals surface area contributed by atoms with E-state index < -0.39 is 0 Å². The fourth-order valence-corrected chi connectivity index (χ4v) is 4.68. The van der Waals surface area contributed by atoms with Gasteiger partial charge >= 0.3 is 5.97 Å². The number of esters is 1. The zero-order valence-corrected chi connectivity index (χ0v) is 10.4. The minimum Gasteiger partial charge on any atom is -0.449 e. The minimum absolute atomic E-state index is 0.0120. The molecule has 17 heavy (non-hydrogen) atoms. The normalized spacial score (nSPS) is 44.1. The van der Waals surface area contributed by atoms with E-state index in [9.17, 15) is 4.79 Å². The zero-order valence-electron chi connectivity index (χ0n) is 10.4. The summed E-state index contributed by atoms with van der Waals surface area (Å²) in [5.41, 5.74) is -0.167. The van der Waals surface area contributed by atoms with Crippen molar-refractivity contribution in [3.63, 3.8) is 0 Å². The van der Waals surface area contributed by atoms with Gasteiger partial charge in [-0.05, 0) is 63.2 Å². The van der Waals surface area contributed by atoms with E-state index in [-0.39, 0.29) is 17.5 Å². The van der Waals surface area contributed by atoms with Gasteiger partial charge in [0.05, 0.1) is 5.41 Å². The van der Waals surface area contributed by atoms with Crippen LogP contribution in [0.1, 0.15) is 45.4 Å². The summed E-state index contributed by atoms with van der Waals surface area (Å²) in [5, 5.41) is 0. The number of carbonyl (C=O) groups is 1. The van der Waals surface area contributed by atoms with Crippen LogP contribution in [0.2, 0.25) is 0 Å². The molecule has 2 nitrogen and oxygen atoms in total. The van der Waals surface area contributed by atoms with Gasteiger partial charge in [-0.15, -0.1) is 6.42 Å². The highest BCUT2D eigenvalue weighted by molar-refractivity contribution is 5.78. The van der Waals surface area contributed by atoms with Crippen molar-refractivity contribution in [1.29, 1.82) is 0 Å². The molecule has 4 aliphatic rings. The van der Waals surface area contributed by atoms with Crippen LogP contribution >= 0.6 is 0 Å². The molecule has 0 aliphatic heterocycles. The van der Waals surface area contributed by atoms with Gasteiger partial charge in [0.15, 0.2) is 6.10 Å². The Morgan fingerprint density at radius 2 is 1.71 bits per heavy atom. The van der Waals surface area contributed by atoms with Crippen molar-refractivity contribution in [3.8, 4) is 12.3 Å². The van der Waals surface area contributed by atoms with E-state index in [1.54, 1.807) is 6.92 Å². The summed E-state index contributed by atoms with van der Waals surface area (Å²) in [6, 6.07) is 0. The zero-order chi connectivity index (χ0) is 12.0. The number of rotatable bonds is 2. The minimum atomic E-state index is -0.379. The van der Waals surface area contributed by atoms with Crippen LogP contribution in [-0.2, 0) is 9.53 Å². The van der Waals surface area contributed by atoms with Gasteiger partial charge in [-0.2, -0.15) is 0 Å². The summed E-state index contributed by atoms with van der Waals surface area (Å²) in [7, 11) is 0. The van der Waals surface area contributed by atoms with Crippen molar-refractivity contribution >= 4 is 5.97 Å². The molecule has 92 valence electrons. The highest BCUT2D eigenvalue weighted by atomic mass is 16.5. The lowest BCUT2D eigenvalue weighted by atomic mass is 9.49. The van der Waals surface area contributed by atoms with Crippen LogP contribution in [0.15, 0.2) is 0 Å². The molecule has 4 aliphatic carbocycles. The van der Waals surface area contributed by atoms with E-state index in [4.69, 9.17) is 11.2 Å². The fourth-order valence-electron chi connectivity index (χ4n) is 4.68. The lowest BCUT2D eigenvalue weighted by Crippen LogP contribution is -2.51. The maximum absolute atomic E-state index is 12.3. The van der Waals surface area contributed by atoms with Crippen LogP contribution in [0, 0.1) is 35.5 Å². The average Bonchev–Trinajstić information content (AvgIpc) is 2.26. The summed E-state index contributed by atoms with van der Waals surface area (Å²) >= 11 is 0. The largest absolute Gasteiger partial charge is 0.449 e. The van der Waals surface area contributed by atoms with Crippen LogP contribution in [0.5, 0.6) is 0 Å². The average molecular weight is 232 g/mol. The molecule has 1 atom stereocenters. The molecule has 0 aromatic carbocycles. The van der Waals surface area contributed by atoms with Gasteiger partial charge in [-0.25, -0.2) is 0 Å². The quantitative estimate of drug-likeness (QED) is 0.540. The summed E-state index contributed by atoms with van der Waals surface area (Å²) in [4.78, 5) is 12.3. The van der Waals surface area contributed by atoms with Crippen LogP contribution in [0.25, 0.3) is 0 Å². The van der Waals surface area contributed by atoms with Gasteiger partial charge in [0.1, 0.15) is 0 Å². The second kappa shape index (κ2) is 3.77. The van der Waals surface area contributed by atoms with Crippen molar-refractivity contribution in [2.75, 3.05) is 0 Å². The Balaban J connectivity index is 1.78. The summed E-state index contributed by atoms with van der Waals surface area (Å²) in [6.07, 6.45) is 12.1. The maximum atomic E-state index is 12.3. The first-order valence-electron chi connectivity index (χ1n) is 6.78. The van der Waals surface area contributed by atoms with Gasteiger partial charge in [0, 0.05) is 0 Å². The van der Waals surface area contributed by atoms with E-state index in [2.05, 4.69) is 5.92 Å². The van der Waals surface area contributed by atoms with E-state index in [1.165, 1.54) is 19.3 Å². The van der Waals surface area contributed by atoms with E-state index in [0.29, 0.717) is 0 Å². The standard InChI is InChI=1S/C15H20O2/c1-3-10(2)17-14(16)15-7-11-4-12(8-15)6-13(5-11)9-15/h1,10-13H,4-9H2,2H3. The lowest BCUT2D eigenvalue weighted by molar-refractivity contribution is -0.173. The first kappa shape index (κ1) is 11.1. The molecule has 0 saturated heterocycles. The topological polar surface area (TPSA) is 26.3 Å². The van der Waals surface area contributed by atoms with Crippen LogP contribution in [-0.4, -0.2) is 12.1 Å². The second-order valence-corrected chi connectivity index (χ2v) is 6.41. The van der Waals surface area contributed by atoms with Crippen LogP contribution < -0.4 is 0 Å².